The van der Waals surface area contributed by atoms with Gasteiger partial charge in [0.1, 0.15) is 0 Å². The normalized spacial score (nSPS) is 10.9. The van der Waals surface area contributed by atoms with E-state index in [1.807, 2.05) is 0 Å². The summed E-state index contributed by atoms with van der Waals surface area (Å²) in [7, 11) is 1.32. The second kappa shape index (κ2) is 4.61. The smallest absolute Gasteiger partial charge is 0.330 e. The predicted molar refractivity (Wildman–Crippen MR) is 65.0 cm³/mol. The third kappa shape index (κ3) is 2.23. The molecule has 86 valence electrons. The van der Waals surface area contributed by atoms with Crippen molar-refractivity contribution in [3.8, 4) is 0 Å². The topological polar surface area (TPSA) is 78.1 Å². The van der Waals surface area contributed by atoms with Gasteiger partial charge in [-0.05, 0) is 18.2 Å². The Labute approximate surface area is 97.9 Å². The minimum atomic E-state index is -0.440. The van der Waals surface area contributed by atoms with E-state index in [1.165, 1.54) is 13.2 Å². The number of nitrogens with zero attached hydrogens (tertiary/aromatic N) is 2. The van der Waals surface area contributed by atoms with E-state index in [9.17, 15) is 4.79 Å². The number of nitrogen functional groups attached to an aromatic ring is 1. The first-order valence-electron chi connectivity index (χ1n) is 4.97. The number of esters is 1. The van der Waals surface area contributed by atoms with Gasteiger partial charge >= 0.3 is 5.97 Å². The predicted octanol–water partition coefficient (Wildman–Crippen LogP) is 1.40. The van der Waals surface area contributed by atoms with Crippen molar-refractivity contribution in [1.29, 1.82) is 0 Å². The molecule has 0 spiro atoms. The van der Waals surface area contributed by atoms with Gasteiger partial charge in [0.05, 0.1) is 18.1 Å². The molecule has 0 fully saturated rings. The van der Waals surface area contributed by atoms with Gasteiger partial charge in [-0.3, -0.25) is 9.97 Å². The summed E-state index contributed by atoms with van der Waals surface area (Å²) in [6, 6.07) is 3.51. The van der Waals surface area contributed by atoms with Gasteiger partial charge in [0.25, 0.3) is 0 Å². The lowest BCUT2D eigenvalue weighted by molar-refractivity contribution is -0.134. The summed E-state index contributed by atoms with van der Waals surface area (Å²) in [6.45, 7) is 0. The van der Waals surface area contributed by atoms with Crippen molar-refractivity contribution in [1.82, 2.24) is 9.97 Å². The SMILES string of the molecule is COC(=O)C=Cc1c(N)ccc2nccnc12. The number of ether oxygens (including phenoxy) is 1. The monoisotopic (exact) mass is 229 g/mol. The summed E-state index contributed by atoms with van der Waals surface area (Å²) >= 11 is 0. The molecular formula is C12H11N3O2. The molecular weight excluding hydrogens is 218 g/mol. The van der Waals surface area contributed by atoms with E-state index >= 15 is 0 Å². The molecule has 17 heavy (non-hydrogen) atoms. The lowest BCUT2D eigenvalue weighted by Gasteiger charge is -2.03. The maximum absolute atomic E-state index is 11.0. The number of fused-ring (bicyclic) bond motifs is 1. The third-order valence-corrected chi connectivity index (χ3v) is 2.30. The molecule has 0 saturated heterocycles. The molecule has 0 atom stereocenters. The number of nitrogens with two attached hydrogens (primary N) is 1. The Bertz CT molecular complexity index is 593. The lowest BCUT2D eigenvalue weighted by atomic mass is 10.1. The average molecular weight is 229 g/mol. The number of hydrogen-bond donors (Lipinski definition) is 1. The quantitative estimate of drug-likeness (QED) is 0.478. The Morgan fingerprint density at radius 2 is 2.12 bits per heavy atom. The Balaban J connectivity index is 2.55. The van der Waals surface area contributed by atoms with Gasteiger partial charge in [0.2, 0.25) is 0 Å². The largest absolute Gasteiger partial charge is 0.466 e. The Morgan fingerprint density at radius 3 is 2.88 bits per heavy atom. The van der Waals surface area contributed by atoms with Crippen LogP contribution in [0.3, 0.4) is 0 Å². The summed E-state index contributed by atoms with van der Waals surface area (Å²) < 4.78 is 4.52. The molecule has 2 rings (SSSR count). The van der Waals surface area contributed by atoms with E-state index in [1.54, 1.807) is 30.6 Å². The number of rotatable bonds is 2. The zero-order valence-corrected chi connectivity index (χ0v) is 9.25. The summed E-state index contributed by atoms with van der Waals surface area (Å²) in [5, 5.41) is 0. The number of anilines is 1. The van der Waals surface area contributed by atoms with E-state index in [0.29, 0.717) is 16.8 Å². The number of hydrogen-bond acceptors (Lipinski definition) is 5. The van der Waals surface area contributed by atoms with Crippen LogP contribution in [0.4, 0.5) is 5.69 Å². The van der Waals surface area contributed by atoms with Crippen LogP contribution in [0.1, 0.15) is 5.56 Å². The van der Waals surface area contributed by atoms with Crippen LogP contribution in [-0.4, -0.2) is 23.0 Å². The molecule has 0 aliphatic heterocycles. The molecule has 0 saturated carbocycles. The van der Waals surface area contributed by atoms with Gasteiger partial charge in [0.15, 0.2) is 0 Å². The van der Waals surface area contributed by atoms with Crippen LogP contribution in [0.25, 0.3) is 17.1 Å². The molecule has 0 bridgehead atoms. The van der Waals surface area contributed by atoms with Crippen LogP contribution in [0.5, 0.6) is 0 Å². The van der Waals surface area contributed by atoms with Crippen molar-refractivity contribution >= 4 is 28.8 Å². The Kier molecular flexibility index (Phi) is 3.00. The van der Waals surface area contributed by atoms with Crippen LogP contribution < -0.4 is 5.73 Å². The highest BCUT2D eigenvalue weighted by Crippen LogP contribution is 2.22. The fourth-order valence-electron chi connectivity index (χ4n) is 1.47. The lowest BCUT2D eigenvalue weighted by Crippen LogP contribution is -1.96. The van der Waals surface area contributed by atoms with Gasteiger partial charge in [0, 0.05) is 29.7 Å². The molecule has 2 N–H and O–H groups in total. The summed E-state index contributed by atoms with van der Waals surface area (Å²) in [6.07, 6.45) is 6.07. The number of carbonyl (C=O) groups is 1. The fourth-order valence-corrected chi connectivity index (χ4v) is 1.47. The molecule has 0 unspecified atom stereocenters. The molecule has 1 heterocycles. The van der Waals surface area contributed by atoms with E-state index in [-0.39, 0.29) is 0 Å². The van der Waals surface area contributed by atoms with Gasteiger partial charge in [-0.2, -0.15) is 0 Å². The molecule has 1 aromatic carbocycles. The molecule has 0 radical (unpaired) electrons. The Morgan fingerprint density at radius 1 is 1.35 bits per heavy atom. The van der Waals surface area contributed by atoms with E-state index in [0.717, 1.165) is 5.52 Å². The van der Waals surface area contributed by atoms with Crippen LogP contribution in [0.2, 0.25) is 0 Å². The number of methoxy groups -OCH3 is 1. The molecule has 5 heteroatoms. The van der Waals surface area contributed by atoms with Crippen molar-refractivity contribution in [2.24, 2.45) is 0 Å². The van der Waals surface area contributed by atoms with Crippen molar-refractivity contribution in [3.05, 3.63) is 36.2 Å². The molecule has 5 nitrogen and oxygen atoms in total. The van der Waals surface area contributed by atoms with Crippen LogP contribution >= 0.6 is 0 Å². The number of carbonyl (C=O) groups excluding carboxylic acids is 1. The number of aromatic nitrogens is 2. The van der Waals surface area contributed by atoms with Gasteiger partial charge < -0.3 is 10.5 Å². The highest BCUT2D eigenvalue weighted by molar-refractivity contribution is 5.95. The highest BCUT2D eigenvalue weighted by atomic mass is 16.5. The fraction of sp³-hybridized carbons (Fsp3) is 0.0833. The molecule has 1 aromatic heterocycles. The standard InChI is InChI=1S/C12H11N3O2/c1-17-11(16)5-2-8-9(13)3-4-10-12(8)15-7-6-14-10/h2-7H,13H2,1H3. The van der Waals surface area contributed by atoms with E-state index in [2.05, 4.69) is 14.7 Å². The molecule has 0 aliphatic carbocycles. The zero-order chi connectivity index (χ0) is 12.3. The second-order valence-electron chi connectivity index (χ2n) is 3.35. The van der Waals surface area contributed by atoms with Gasteiger partial charge in [-0.15, -0.1) is 0 Å². The highest BCUT2D eigenvalue weighted by Gasteiger charge is 2.04. The third-order valence-electron chi connectivity index (χ3n) is 2.30. The summed E-state index contributed by atoms with van der Waals surface area (Å²) in [5.74, 6) is -0.440. The van der Waals surface area contributed by atoms with E-state index < -0.39 is 5.97 Å². The van der Waals surface area contributed by atoms with Crippen LogP contribution in [0, 0.1) is 0 Å². The number of benzene rings is 1. The maximum Gasteiger partial charge on any atom is 0.330 e. The molecule has 0 aliphatic rings. The average Bonchev–Trinajstić information content (AvgIpc) is 2.37. The van der Waals surface area contributed by atoms with E-state index in [4.69, 9.17) is 5.73 Å². The van der Waals surface area contributed by atoms with Gasteiger partial charge in [-0.1, -0.05) is 0 Å². The maximum atomic E-state index is 11.0. The first kappa shape index (κ1) is 11.1. The Hall–Kier alpha value is -2.43. The van der Waals surface area contributed by atoms with Crippen molar-refractivity contribution in [3.63, 3.8) is 0 Å². The van der Waals surface area contributed by atoms with Crippen molar-refractivity contribution in [2.45, 2.75) is 0 Å². The summed E-state index contributed by atoms with van der Waals surface area (Å²) in [4.78, 5) is 19.4. The zero-order valence-electron chi connectivity index (χ0n) is 9.25. The van der Waals surface area contributed by atoms with Crippen LogP contribution in [-0.2, 0) is 9.53 Å². The van der Waals surface area contributed by atoms with Crippen molar-refractivity contribution in [2.75, 3.05) is 12.8 Å². The molecule has 0 amide bonds. The first-order chi connectivity index (χ1) is 8.22. The summed E-state index contributed by atoms with van der Waals surface area (Å²) in [5.41, 5.74) is 8.44. The second-order valence-corrected chi connectivity index (χ2v) is 3.35. The van der Waals surface area contributed by atoms with Crippen molar-refractivity contribution < 1.29 is 9.53 Å². The van der Waals surface area contributed by atoms with Crippen LogP contribution in [0.15, 0.2) is 30.6 Å². The molecule has 2 aromatic rings. The van der Waals surface area contributed by atoms with Gasteiger partial charge in [-0.25, -0.2) is 4.79 Å². The minimum absolute atomic E-state index is 0.440. The minimum Gasteiger partial charge on any atom is -0.466 e. The first-order valence-corrected chi connectivity index (χ1v) is 4.97.